The Bertz CT molecular complexity index is 294. The molecule has 1 unspecified atom stereocenters. The number of nitrogens with one attached hydrogen (secondary N) is 1. The Morgan fingerprint density at radius 2 is 2.24 bits per heavy atom. The van der Waals surface area contributed by atoms with Gasteiger partial charge in [0.05, 0.1) is 25.7 Å². The molecular weight excluding hydrogens is 218 g/mol. The highest BCUT2D eigenvalue weighted by Gasteiger charge is 2.21. The second-order valence-electron chi connectivity index (χ2n) is 4.39. The Kier molecular flexibility index (Phi) is 5.04. The lowest BCUT2D eigenvalue weighted by atomic mass is 10.1. The zero-order valence-corrected chi connectivity index (χ0v) is 10.4. The van der Waals surface area contributed by atoms with E-state index in [9.17, 15) is 0 Å². The topological polar surface area (TPSA) is 43.6 Å². The summed E-state index contributed by atoms with van der Waals surface area (Å²) in [5, 5.41) is 3.53. The summed E-state index contributed by atoms with van der Waals surface area (Å²) >= 11 is 0. The molecule has 0 bridgehead atoms. The van der Waals surface area contributed by atoms with Crippen LogP contribution in [0.15, 0.2) is 23.0 Å². The first kappa shape index (κ1) is 12.6. The fourth-order valence-corrected chi connectivity index (χ4v) is 2.06. The van der Waals surface area contributed by atoms with Crippen LogP contribution in [-0.2, 0) is 15.9 Å². The summed E-state index contributed by atoms with van der Waals surface area (Å²) in [6, 6.07) is 2.40. The van der Waals surface area contributed by atoms with Crippen LogP contribution in [0.25, 0.3) is 0 Å². The van der Waals surface area contributed by atoms with Crippen molar-refractivity contribution >= 4 is 0 Å². The third-order valence-electron chi connectivity index (χ3n) is 2.91. The van der Waals surface area contributed by atoms with Gasteiger partial charge in [-0.05, 0) is 31.0 Å². The van der Waals surface area contributed by atoms with Crippen LogP contribution in [0.4, 0.5) is 0 Å². The first-order chi connectivity index (χ1) is 8.38. The van der Waals surface area contributed by atoms with Crippen LogP contribution in [0.5, 0.6) is 0 Å². The van der Waals surface area contributed by atoms with Crippen molar-refractivity contribution in [2.45, 2.75) is 38.5 Å². The van der Waals surface area contributed by atoms with E-state index >= 15 is 0 Å². The molecule has 1 aliphatic rings. The number of ether oxygens (including phenoxy) is 2. The minimum absolute atomic E-state index is 0.0451. The molecule has 1 fully saturated rings. The summed E-state index contributed by atoms with van der Waals surface area (Å²) in [6.45, 7) is 4.63. The van der Waals surface area contributed by atoms with Gasteiger partial charge in [-0.2, -0.15) is 0 Å². The third-order valence-corrected chi connectivity index (χ3v) is 2.91. The van der Waals surface area contributed by atoms with Crippen LogP contribution in [-0.4, -0.2) is 32.1 Å². The Hall–Kier alpha value is -0.840. The van der Waals surface area contributed by atoms with Crippen molar-refractivity contribution in [2.75, 3.05) is 19.8 Å². The summed E-state index contributed by atoms with van der Waals surface area (Å²) in [5.74, 6) is 0. The van der Waals surface area contributed by atoms with Crippen LogP contribution < -0.4 is 5.32 Å². The van der Waals surface area contributed by atoms with Crippen molar-refractivity contribution in [3.8, 4) is 0 Å². The molecule has 4 heteroatoms. The minimum atomic E-state index is -0.0451. The maximum absolute atomic E-state index is 5.50. The first-order valence-corrected chi connectivity index (χ1v) is 6.36. The van der Waals surface area contributed by atoms with Crippen molar-refractivity contribution in [3.63, 3.8) is 0 Å². The van der Waals surface area contributed by atoms with E-state index in [1.54, 1.807) is 12.5 Å². The van der Waals surface area contributed by atoms with Gasteiger partial charge in [-0.15, -0.1) is 0 Å². The van der Waals surface area contributed by atoms with Crippen LogP contribution >= 0.6 is 0 Å². The molecule has 0 aromatic carbocycles. The Morgan fingerprint density at radius 1 is 1.41 bits per heavy atom. The molecular formula is C13H21NO3. The van der Waals surface area contributed by atoms with E-state index in [0.717, 1.165) is 39.0 Å². The van der Waals surface area contributed by atoms with Crippen molar-refractivity contribution in [3.05, 3.63) is 24.2 Å². The smallest absolute Gasteiger partial charge is 0.159 e. The Labute approximate surface area is 102 Å². The lowest BCUT2D eigenvalue weighted by molar-refractivity contribution is -0.0526. The SMILES string of the molecule is CCCNC(Cc1ccoc1)CC1OCCO1. The summed E-state index contributed by atoms with van der Waals surface area (Å²) in [7, 11) is 0. The van der Waals surface area contributed by atoms with E-state index in [1.807, 2.05) is 6.07 Å². The molecule has 1 aromatic heterocycles. The molecule has 0 aliphatic carbocycles. The summed E-state index contributed by atoms with van der Waals surface area (Å²) in [5.41, 5.74) is 1.22. The molecule has 2 heterocycles. The van der Waals surface area contributed by atoms with E-state index in [4.69, 9.17) is 13.9 Å². The van der Waals surface area contributed by atoms with Crippen LogP contribution in [0, 0.1) is 0 Å². The maximum Gasteiger partial charge on any atom is 0.159 e. The standard InChI is InChI=1S/C13H21NO3/c1-2-4-14-12(8-11-3-5-15-10-11)9-13-16-6-7-17-13/h3,5,10,12-14H,2,4,6-9H2,1H3. The minimum Gasteiger partial charge on any atom is -0.472 e. The molecule has 17 heavy (non-hydrogen) atoms. The lowest BCUT2D eigenvalue weighted by Crippen LogP contribution is -2.35. The molecule has 1 atom stereocenters. The highest BCUT2D eigenvalue weighted by Crippen LogP contribution is 2.14. The van der Waals surface area contributed by atoms with E-state index in [-0.39, 0.29) is 6.29 Å². The maximum atomic E-state index is 5.50. The normalized spacial score (nSPS) is 18.6. The molecule has 0 amide bonds. The van der Waals surface area contributed by atoms with E-state index in [2.05, 4.69) is 12.2 Å². The molecule has 1 aromatic rings. The second-order valence-corrected chi connectivity index (χ2v) is 4.39. The van der Waals surface area contributed by atoms with Crippen molar-refractivity contribution < 1.29 is 13.9 Å². The van der Waals surface area contributed by atoms with Gasteiger partial charge in [-0.3, -0.25) is 0 Å². The summed E-state index contributed by atoms with van der Waals surface area (Å²) < 4.78 is 16.1. The predicted molar refractivity (Wildman–Crippen MR) is 64.8 cm³/mol. The van der Waals surface area contributed by atoms with Gasteiger partial charge < -0.3 is 19.2 Å². The highest BCUT2D eigenvalue weighted by molar-refractivity contribution is 5.07. The first-order valence-electron chi connectivity index (χ1n) is 6.36. The number of hydrogen-bond donors (Lipinski definition) is 1. The molecule has 0 saturated carbocycles. The largest absolute Gasteiger partial charge is 0.472 e. The van der Waals surface area contributed by atoms with Gasteiger partial charge in [-0.1, -0.05) is 6.92 Å². The quantitative estimate of drug-likeness (QED) is 0.790. The monoisotopic (exact) mass is 239 g/mol. The zero-order valence-electron chi connectivity index (χ0n) is 10.4. The van der Waals surface area contributed by atoms with Gasteiger partial charge in [0.15, 0.2) is 6.29 Å². The molecule has 96 valence electrons. The van der Waals surface area contributed by atoms with E-state index < -0.39 is 0 Å². The average molecular weight is 239 g/mol. The van der Waals surface area contributed by atoms with Crippen LogP contribution in [0.2, 0.25) is 0 Å². The lowest BCUT2D eigenvalue weighted by Gasteiger charge is -2.20. The number of hydrogen-bond acceptors (Lipinski definition) is 4. The van der Waals surface area contributed by atoms with Gasteiger partial charge in [0.1, 0.15) is 0 Å². The van der Waals surface area contributed by atoms with Crippen LogP contribution in [0.3, 0.4) is 0 Å². The fourth-order valence-electron chi connectivity index (χ4n) is 2.06. The molecule has 1 N–H and O–H groups in total. The second kappa shape index (κ2) is 6.79. The molecule has 0 spiro atoms. The predicted octanol–water partition coefficient (Wildman–Crippen LogP) is 1.95. The van der Waals surface area contributed by atoms with E-state index in [1.165, 1.54) is 5.56 Å². The molecule has 2 rings (SSSR count). The summed E-state index contributed by atoms with van der Waals surface area (Å²) in [6.07, 6.45) is 6.46. The summed E-state index contributed by atoms with van der Waals surface area (Å²) in [4.78, 5) is 0. The van der Waals surface area contributed by atoms with Crippen molar-refractivity contribution in [1.29, 1.82) is 0 Å². The number of rotatable bonds is 7. The van der Waals surface area contributed by atoms with Gasteiger partial charge in [0.2, 0.25) is 0 Å². The highest BCUT2D eigenvalue weighted by atomic mass is 16.7. The molecule has 4 nitrogen and oxygen atoms in total. The zero-order chi connectivity index (χ0) is 11.9. The van der Waals surface area contributed by atoms with Crippen molar-refractivity contribution in [1.82, 2.24) is 5.32 Å². The Morgan fingerprint density at radius 3 is 2.88 bits per heavy atom. The number of furan rings is 1. The molecule has 1 aliphatic heterocycles. The third kappa shape index (κ3) is 4.15. The fraction of sp³-hybridized carbons (Fsp3) is 0.692. The van der Waals surface area contributed by atoms with Gasteiger partial charge in [-0.25, -0.2) is 0 Å². The van der Waals surface area contributed by atoms with Gasteiger partial charge in [0.25, 0.3) is 0 Å². The molecule has 1 saturated heterocycles. The van der Waals surface area contributed by atoms with Gasteiger partial charge in [0, 0.05) is 12.5 Å². The van der Waals surface area contributed by atoms with E-state index in [0.29, 0.717) is 6.04 Å². The average Bonchev–Trinajstić information content (AvgIpc) is 2.99. The molecule has 0 radical (unpaired) electrons. The van der Waals surface area contributed by atoms with Crippen LogP contribution in [0.1, 0.15) is 25.3 Å². The van der Waals surface area contributed by atoms with Gasteiger partial charge >= 0.3 is 0 Å². The Balaban J connectivity index is 1.83. The van der Waals surface area contributed by atoms with Crippen molar-refractivity contribution in [2.24, 2.45) is 0 Å².